The number of nitrogens with zero attached hydrogens (tertiary/aromatic N) is 3. The van der Waals surface area contributed by atoms with E-state index < -0.39 is 0 Å². The van der Waals surface area contributed by atoms with Crippen molar-refractivity contribution in [1.29, 1.82) is 0 Å². The van der Waals surface area contributed by atoms with Crippen LogP contribution in [0.5, 0.6) is 0 Å². The Labute approximate surface area is 120 Å². The van der Waals surface area contributed by atoms with Gasteiger partial charge in [-0.3, -0.25) is 9.58 Å². The van der Waals surface area contributed by atoms with Gasteiger partial charge in [0.15, 0.2) is 0 Å². The number of hydrogen-bond donors (Lipinski definition) is 1. The first-order chi connectivity index (χ1) is 9.26. The van der Waals surface area contributed by atoms with Crippen LogP contribution in [-0.2, 0) is 6.54 Å². The van der Waals surface area contributed by atoms with Crippen LogP contribution < -0.4 is 5.32 Å². The van der Waals surface area contributed by atoms with Crippen molar-refractivity contribution < 1.29 is 0 Å². The number of hydrogen-bond acceptors (Lipinski definition) is 4. The molecule has 2 unspecified atom stereocenters. The molecule has 0 aromatic carbocycles. The molecule has 0 saturated carbocycles. The monoisotopic (exact) mass is 282 g/mol. The lowest BCUT2D eigenvalue weighted by Gasteiger charge is -2.37. The Morgan fingerprint density at radius 1 is 1.53 bits per heavy atom. The summed E-state index contributed by atoms with van der Waals surface area (Å²) >= 11 is 2.06. The van der Waals surface area contributed by atoms with Gasteiger partial charge in [0.05, 0.1) is 12.2 Å². The molecule has 1 aliphatic heterocycles. The van der Waals surface area contributed by atoms with Crippen molar-refractivity contribution in [3.8, 4) is 0 Å². The maximum absolute atomic E-state index is 4.48. The number of aromatic nitrogens is 2. The summed E-state index contributed by atoms with van der Waals surface area (Å²) < 4.78 is 2.07. The quantitative estimate of drug-likeness (QED) is 0.865. The van der Waals surface area contributed by atoms with Crippen molar-refractivity contribution in [2.45, 2.75) is 38.9 Å². The molecular formula is C14H26N4S. The van der Waals surface area contributed by atoms with Crippen molar-refractivity contribution in [3.05, 3.63) is 18.0 Å². The van der Waals surface area contributed by atoms with Gasteiger partial charge in [-0.1, -0.05) is 13.8 Å². The van der Waals surface area contributed by atoms with E-state index in [0.29, 0.717) is 12.1 Å². The maximum atomic E-state index is 4.48. The molecule has 0 aliphatic carbocycles. The molecule has 0 spiro atoms. The highest BCUT2D eigenvalue weighted by Gasteiger charge is 2.29. The summed E-state index contributed by atoms with van der Waals surface area (Å²) in [6.07, 6.45) is 5.38. The second kappa shape index (κ2) is 7.31. The van der Waals surface area contributed by atoms with Gasteiger partial charge in [0.1, 0.15) is 0 Å². The second-order valence-corrected chi connectivity index (χ2v) is 6.34. The van der Waals surface area contributed by atoms with E-state index in [4.69, 9.17) is 0 Å². The van der Waals surface area contributed by atoms with Gasteiger partial charge in [-0.2, -0.15) is 16.9 Å². The minimum atomic E-state index is 0.397. The van der Waals surface area contributed by atoms with Crippen molar-refractivity contribution >= 4 is 11.8 Å². The highest BCUT2D eigenvalue weighted by atomic mass is 32.2. The fraction of sp³-hybridized carbons (Fsp3) is 0.786. The molecular weight excluding hydrogens is 256 g/mol. The summed E-state index contributed by atoms with van der Waals surface area (Å²) in [6.45, 7) is 7.56. The maximum Gasteiger partial charge on any atom is 0.0538 e. The standard InChI is InChI=1S/C14H26N4S/c1-4-6-18-10-12(9-16-18)14(15-5-2)13-11-19-8-7-17(13)3/h9-10,13-15H,4-8,11H2,1-3H3. The number of nitrogens with one attached hydrogen (secondary N) is 1. The van der Waals surface area contributed by atoms with Crippen LogP contribution in [0.15, 0.2) is 12.4 Å². The first kappa shape index (κ1) is 14.9. The van der Waals surface area contributed by atoms with E-state index in [1.165, 1.54) is 23.6 Å². The van der Waals surface area contributed by atoms with Gasteiger partial charge in [-0.15, -0.1) is 0 Å². The van der Waals surface area contributed by atoms with Gasteiger partial charge in [0.2, 0.25) is 0 Å². The summed E-state index contributed by atoms with van der Waals surface area (Å²) in [4.78, 5) is 2.49. The summed E-state index contributed by atoms with van der Waals surface area (Å²) in [5.74, 6) is 2.45. The highest BCUT2D eigenvalue weighted by molar-refractivity contribution is 7.99. The van der Waals surface area contributed by atoms with Crippen molar-refractivity contribution in [2.75, 3.05) is 31.6 Å². The lowest BCUT2D eigenvalue weighted by molar-refractivity contribution is 0.217. The van der Waals surface area contributed by atoms with Crippen LogP contribution in [0.3, 0.4) is 0 Å². The van der Waals surface area contributed by atoms with Gasteiger partial charge in [-0.25, -0.2) is 0 Å². The van der Waals surface area contributed by atoms with Crippen LogP contribution in [0.2, 0.25) is 0 Å². The predicted octanol–water partition coefficient (Wildman–Crippen LogP) is 1.99. The molecule has 108 valence electrons. The minimum absolute atomic E-state index is 0.397. The van der Waals surface area contributed by atoms with E-state index in [0.717, 1.165) is 19.5 Å². The Bertz CT molecular complexity index is 379. The Balaban J connectivity index is 2.13. The molecule has 1 aliphatic rings. The molecule has 4 nitrogen and oxygen atoms in total. The molecule has 0 radical (unpaired) electrons. The van der Waals surface area contributed by atoms with Gasteiger partial charge in [-0.05, 0) is 20.0 Å². The number of thioether (sulfide) groups is 1. The normalized spacial score (nSPS) is 22.6. The minimum Gasteiger partial charge on any atom is -0.309 e. The molecule has 0 bridgehead atoms. The molecule has 2 rings (SSSR count). The van der Waals surface area contributed by atoms with Crippen LogP contribution in [0, 0.1) is 0 Å². The van der Waals surface area contributed by atoms with E-state index >= 15 is 0 Å². The third-order valence-electron chi connectivity index (χ3n) is 3.72. The number of aryl methyl sites for hydroxylation is 1. The molecule has 1 N–H and O–H groups in total. The summed E-state index contributed by atoms with van der Waals surface area (Å²) in [7, 11) is 2.24. The Hall–Kier alpha value is -0.520. The number of rotatable bonds is 6. The number of likely N-dealkylation sites (N-methyl/N-ethyl adjacent to an activating group) is 2. The third kappa shape index (κ3) is 3.74. The molecule has 19 heavy (non-hydrogen) atoms. The Morgan fingerprint density at radius 3 is 3.05 bits per heavy atom. The SMILES string of the molecule is CCCn1cc(C(NCC)C2CSCCN2C)cn1. The van der Waals surface area contributed by atoms with Crippen LogP contribution in [0.1, 0.15) is 31.9 Å². The molecule has 2 heterocycles. The van der Waals surface area contributed by atoms with Crippen molar-refractivity contribution in [3.63, 3.8) is 0 Å². The van der Waals surface area contributed by atoms with Crippen molar-refractivity contribution in [1.82, 2.24) is 20.0 Å². The van der Waals surface area contributed by atoms with Crippen LogP contribution in [-0.4, -0.2) is 52.4 Å². The summed E-state index contributed by atoms with van der Waals surface area (Å²) in [5.41, 5.74) is 1.33. The molecule has 1 aromatic rings. The smallest absolute Gasteiger partial charge is 0.0538 e. The zero-order valence-corrected chi connectivity index (χ0v) is 13.1. The Morgan fingerprint density at radius 2 is 2.37 bits per heavy atom. The fourth-order valence-electron chi connectivity index (χ4n) is 2.64. The topological polar surface area (TPSA) is 33.1 Å². The average Bonchev–Trinajstić information content (AvgIpc) is 2.86. The van der Waals surface area contributed by atoms with Gasteiger partial charge in [0.25, 0.3) is 0 Å². The van der Waals surface area contributed by atoms with E-state index in [1.807, 2.05) is 6.20 Å². The van der Waals surface area contributed by atoms with Crippen LogP contribution >= 0.6 is 11.8 Å². The molecule has 1 aromatic heterocycles. The van der Waals surface area contributed by atoms with E-state index in [1.54, 1.807) is 0 Å². The largest absolute Gasteiger partial charge is 0.309 e. The fourth-order valence-corrected chi connectivity index (χ4v) is 3.92. The van der Waals surface area contributed by atoms with E-state index in [9.17, 15) is 0 Å². The molecule has 2 atom stereocenters. The van der Waals surface area contributed by atoms with Crippen molar-refractivity contribution in [2.24, 2.45) is 0 Å². The molecule has 5 heteroatoms. The van der Waals surface area contributed by atoms with Gasteiger partial charge >= 0.3 is 0 Å². The predicted molar refractivity (Wildman–Crippen MR) is 82.7 cm³/mol. The summed E-state index contributed by atoms with van der Waals surface area (Å²) in [6, 6.07) is 0.964. The van der Waals surface area contributed by atoms with E-state index in [2.05, 4.69) is 58.9 Å². The van der Waals surface area contributed by atoms with E-state index in [-0.39, 0.29) is 0 Å². The molecule has 1 saturated heterocycles. The van der Waals surface area contributed by atoms with Crippen LogP contribution in [0.4, 0.5) is 0 Å². The first-order valence-corrected chi connectivity index (χ1v) is 8.45. The van der Waals surface area contributed by atoms with Gasteiger partial charge < -0.3 is 5.32 Å². The Kier molecular flexibility index (Phi) is 5.73. The van der Waals surface area contributed by atoms with Crippen LogP contribution in [0.25, 0.3) is 0 Å². The molecule has 0 amide bonds. The zero-order chi connectivity index (χ0) is 13.7. The zero-order valence-electron chi connectivity index (χ0n) is 12.3. The first-order valence-electron chi connectivity index (χ1n) is 7.30. The lowest BCUT2D eigenvalue weighted by Crippen LogP contribution is -2.47. The molecule has 1 fully saturated rings. The summed E-state index contributed by atoms with van der Waals surface area (Å²) in [5, 5.41) is 8.13. The lowest BCUT2D eigenvalue weighted by atomic mass is 10.0. The third-order valence-corrected chi connectivity index (χ3v) is 4.77. The van der Waals surface area contributed by atoms with Gasteiger partial charge in [0, 0.05) is 42.4 Å². The second-order valence-electron chi connectivity index (χ2n) is 5.19. The average molecular weight is 282 g/mol. The highest BCUT2D eigenvalue weighted by Crippen LogP contribution is 2.26.